The zero-order chi connectivity index (χ0) is 30.1. The van der Waals surface area contributed by atoms with Crippen LogP contribution in [0.1, 0.15) is 55.1 Å². The number of rotatable bonds is 5. The van der Waals surface area contributed by atoms with E-state index in [1.807, 2.05) is 74.5 Å². The molecule has 0 amide bonds. The van der Waals surface area contributed by atoms with Crippen LogP contribution in [0.25, 0.3) is 16.6 Å². The predicted molar refractivity (Wildman–Crippen MR) is 167 cm³/mol. The SMILES string of the molecule is C=CC1(c2ccc(C)c(C)c2)COC2(O1)c1ccccc1-n1c2nc2cccc(CC(=O)c3ccc(C)c(C)c3)c2c1=O. The molecule has 1 fully saturated rings. The highest BCUT2D eigenvalue weighted by atomic mass is 16.8. The van der Waals surface area contributed by atoms with Gasteiger partial charge in [-0.15, -0.1) is 0 Å². The van der Waals surface area contributed by atoms with Crippen molar-refractivity contribution in [2.75, 3.05) is 6.61 Å². The van der Waals surface area contributed by atoms with Crippen LogP contribution < -0.4 is 5.56 Å². The van der Waals surface area contributed by atoms with Crippen LogP contribution in [0, 0.1) is 27.7 Å². The van der Waals surface area contributed by atoms with Gasteiger partial charge in [0.25, 0.3) is 11.3 Å². The van der Waals surface area contributed by atoms with Gasteiger partial charge in [-0.05, 0) is 79.3 Å². The Morgan fingerprint density at radius 3 is 2.42 bits per heavy atom. The molecule has 1 saturated heterocycles. The number of hydrogen-bond acceptors (Lipinski definition) is 5. The first kappa shape index (κ1) is 27.2. The molecular weight excluding hydrogens is 536 g/mol. The summed E-state index contributed by atoms with van der Waals surface area (Å²) in [6, 6.07) is 24.9. The molecule has 2 unspecified atom stereocenters. The normalized spacial score (nSPS) is 20.4. The van der Waals surface area contributed by atoms with E-state index in [4.69, 9.17) is 14.5 Å². The van der Waals surface area contributed by atoms with Crippen molar-refractivity contribution in [3.05, 3.63) is 152 Å². The van der Waals surface area contributed by atoms with E-state index in [0.717, 1.165) is 22.3 Å². The number of nitrogens with zero attached hydrogens (tertiary/aromatic N) is 2. The topological polar surface area (TPSA) is 70.4 Å². The fourth-order valence-electron chi connectivity index (χ4n) is 6.28. The van der Waals surface area contributed by atoms with Crippen molar-refractivity contribution in [1.29, 1.82) is 0 Å². The number of hydrogen-bond donors (Lipinski definition) is 0. The maximum absolute atomic E-state index is 14.4. The molecule has 1 spiro atoms. The summed E-state index contributed by atoms with van der Waals surface area (Å²) in [5.74, 6) is -1.11. The second kappa shape index (κ2) is 9.69. The van der Waals surface area contributed by atoms with Crippen molar-refractivity contribution in [1.82, 2.24) is 9.55 Å². The molecule has 0 aliphatic carbocycles. The first-order valence-electron chi connectivity index (χ1n) is 14.5. The van der Waals surface area contributed by atoms with E-state index in [0.29, 0.717) is 39.1 Å². The lowest BCUT2D eigenvalue weighted by molar-refractivity contribution is -0.159. The van der Waals surface area contributed by atoms with Crippen molar-refractivity contribution < 1.29 is 14.3 Å². The molecule has 6 nitrogen and oxygen atoms in total. The van der Waals surface area contributed by atoms with Crippen molar-refractivity contribution in [3.63, 3.8) is 0 Å². The monoisotopic (exact) mass is 568 g/mol. The first-order valence-corrected chi connectivity index (χ1v) is 14.5. The van der Waals surface area contributed by atoms with Crippen LogP contribution in [-0.4, -0.2) is 21.9 Å². The van der Waals surface area contributed by atoms with Crippen LogP contribution in [0.15, 0.2) is 96.3 Å². The van der Waals surface area contributed by atoms with Crippen LogP contribution in [0.4, 0.5) is 0 Å². The molecule has 43 heavy (non-hydrogen) atoms. The van der Waals surface area contributed by atoms with Gasteiger partial charge in [0.1, 0.15) is 5.60 Å². The Kier molecular flexibility index (Phi) is 6.13. The van der Waals surface area contributed by atoms with E-state index in [1.165, 1.54) is 5.56 Å². The minimum atomic E-state index is -1.41. The fraction of sp³-hybridized carbons (Fsp3) is 0.216. The average molecular weight is 569 g/mol. The first-order chi connectivity index (χ1) is 20.7. The lowest BCUT2D eigenvalue weighted by Crippen LogP contribution is -2.34. The number of carbonyl (C=O) groups excluding carboxylic acids is 1. The van der Waals surface area contributed by atoms with E-state index < -0.39 is 11.4 Å². The highest BCUT2D eigenvalue weighted by Crippen LogP contribution is 2.53. The third-order valence-electron chi connectivity index (χ3n) is 9.10. The summed E-state index contributed by atoms with van der Waals surface area (Å²) in [6.45, 7) is 12.5. The zero-order valence-corrected chi connectivity index (χ0v) is 24.7. The largest absolute Gasteiger partial charge is 0.336 e. The number of benzene rings is 4. The molecule has 0 bridgehead atoms. The molecule has 2 aliphatic heterocycles. The lowest BCUT2D eigenvalue weighted by atomic mass is 9.92. The van der Waals surface area contributed by atoms with Crippen molar-refractivity contribution in [2.24, 2.45) is 0 Å². The number of Topliss-reactive ketones (excluding diaryl/α,β-unsaturated/α-hetero) is 1. The third-order valence-corrected chi connectivity index (χ3v) is 9.10. The smallest absolute Gasteiger partial charge is 0.266 e. The molecule has 4 aromatic carbocycles. The zero-order valence-electron chi connectivity index (χ0n) is 24.7. The number of aryl methyl sites for hydroxylation is 4. The summed E-state index contributed by atoms with van der Waals surface area (Å²) in [7, 11) is 0. The summed E-state index contributed by atoms with van der Waals surface area (Å²) in [6.07, 6.45) is 1.86. The van der Waals surface area contributed by atoms with Gasteiger partial charge < -0.3 is 9.47 Å². The minimum absolute atomic E-state index is 0.0519. The molecule has 3 heterocycles. The summed E-state index contributed by atoms with van der Waals surface area (Å²) in [5, 5.41) is 0.414. The van der Waals surface area contributed by atoms with Gasteiger partial charge in [-0.25, -0.2) is 4.98 Å². The van der Waals surface area contributed by atoms with Gasteiger partial charge in [0.05, 0.1) is 23.2 Å². The molecule has 7 rings (SSSR count). The van der Waals surface area contributed by atoms with Gasteiger partial charge in [0.2, 0.25) is 0 Å². The summed E-state index contributed by atoms with van der Waals surface area (Å²) < 4.78 is 15.1. The van der Waals surface area contributed by atoms with Gasteiger partial charge in [0, 0.05) is 17.5 Å². The standard InChI is InChI=1S/C37H32N2O4/c1-6-36(28-17-15-23(3)25(5)19-28)21-42-37(43-36)29-11-7-8-13-31(29)39-34(41)33-27(10-9-12-30(33)38-35(37)39)20-32(40)26-16-14-22(2)24(4)18-26/h6-19H,1,20-21H2,2-5H3. The van der Waals surface area contributed by atoms with E-state index in [9.17, 15) is 9.59 Å². The highest BCUT2D eigenvalue weighted by molar-refractivity contribution is 6.00. The van der Waals surface area contributed by atoms with Gasteiger partial charge in [-0.3, -0.25) is 14.2 Å². The Bertz CT molecular complexity index is 2060. The summed E-state index contributed by atoms with van der Waals surface area (Å²) in [4.78, 5) is 32.8. The summed E-state index contributed by atoms with van der Waals surface area (Å²) >= 11 is 0. The van der Waals surface area contributed by atoms with Crippen LogP contribution in [-0.2, 0) is 27.3 Å². The fourth-order valence-corrected chi connectivity index (χ4v) is 6.28. The molecule has 6 heteroatoms. The van der Waals surface area contributed by atoms with Crippen molar-refractivity contribution in [2.45, 2.75) is 45.5 Å². The summed E-state index contributed by atoms with van der Waals surface area (Å²) in [5.41, 5.74) is 7.31. The number of aromatic nitrogens is 2. The molecule has 0 radical (unpaired) electrons. The molecule has 214 valence electrons. The number of ketones is 1. The van der Waals surface area contributed by atoms with Crippen LogP contribution in [0.2, 0.25) is 0 Å². The Morgan fingerprint density at radius 2 is 1.67 bits per heavy atom. The molecule has 1 aromatic heterocycles. The van der Waals surface area contributed by atoms with Gasteiger partial charge >= 0.3 is 0 Å². The number of fused-ring (bicyclic) bond motifs is 6. The van der Waals surface area contributed by atoms with Crippen LogP contribution in [0.5, 0.6) is 0 Å². The number of ether oxygens (including phenoxy) is 2. The predicted octanol–water partition coefficient (Wildman–Crippen LogP) is 6.69. The maximum atomic E-state index is 14.4. The van der Waals surface area contributed by atoms with Gasteiger partial charge in [-0.2, -0.15) is 0 Å². The number of para-hydroxylation sites is 1. The second-order valence-electron chi connectivity index (χ2n) is 11.7. The second-order valence-corrected chi connectivity index (χ2v) is 11.7. The van der Waals surface area contributed by atoms with Gasteiger partial charge in [-0.1, -0.05) is 73.3 Å². The van der Waals surface area contributed by atoms with Crippen LogP contribution in [0.3, 0.4) is 0 Å². The molecule has 5 aromatic rings. The highest BCUT2D eigenvalue weighted by Gasteiger charge is 2.59. The molecule has 2 aliphatic rings. The molecular formula is C37H32N2O4. The van der Waals surface area contributed by atoms with Gasteiger partial charge in [0.15, 0.2) is 11.6 Å². The Morgan fingerprint density at radius 1 is 0.930 bits per heavy atom. The Labute approximate surface area is 250 Å². The van der Waals surface area contributed by atoms with Crippen molar-refractivity contribution >= 4 is 16.7 Å². The van der Waals surface area contributed by atoms with E-state index >= 15 is 0 Å². The van der Waals surface area contributed by atoms with E-state index in [1.54, 1.807) is 16.7 Å². The Hall–Kier alpha value is -4.65. The maximum Gasteiger partial charge on any atom is 0.266 e. The lowest BCUT2D eigenvalue weighted by Gasteiger charge is -2.29. The molecule has 2 atom stereocenters. The molecule has 0 saturated carbocycles. The Balaban J connectivity index is 1.38. The van der Waals surface area contributed by atoms with Crippen LogP contribution >= 0.6 is 0 Å². The average Bonchev–Trinajstić information content (AvgIpc) is 3.53. The quantitative estimate of drug-likeness (QED) is 0.175. The van der Waals surface area contributed by atoms with E-state index in [-0.39, 0.29) is 24.4 Å². The third kappa shape index (κ3) is 3.98. The minimum Gasteiger partial charge on any atom is -0.336 e. The molecule has 0 N–H and O–H groups in total. The van der Waals surface area contributed by atoms with Crippen molar-refractivity contribution in [3.8, 4) is 5.69 Å². The van der Waals surface area contributed by atoms with E-state index in [2.05, 4.69) is 32.6 Å². The number of carbonyl (C=O) groups is 1.